The minimum absolute atomic E-state index is 0.281. The summed E-state index contributed by atoms with van der Waals surface area (Å²) in [6.07, 6.45) is 36.2. The number of benzene rings is 3. The van der Waals surface area contributed by atoms with E-state index in [1.54, 1.807) is 0 Å². The first-order valence-corrected chi connectivity index (χ1v) is 26.2. The van der Waals surface area contributed by atoms with Crippen molar-refractivity contribution in [3.63, 3.8) is 0 Å². The molecule has 0 spiro atoms. The maximum absolute atomic E-state index is 9.06. The summed E-state index contributed by atoms with van der Waals surface area (Å²) in [6.45, 7) is 21.8. The molecule has 3 aromatic rings. The van der Waals surface area contributed by atoms with E-state index in [1.807, 2.05) is 0 Å². The normalized spacial score (nSPS) is 11.8. The molecule has 62 heavy (non-hydrogen) atoms. The van der Waals surface area contributed by atoms with Gasteiger partial charge in [0.1, 0.15) is 0 Å². The van der Waals surface area contributed by atoms with Crippen molar-refractivity contribution in [2.45, 2.75) is 221 Å². The van der Waals surface area contributed by atoms with E-state index in [9.17, 15) is 0 Å². The Hall–Kier alpha value is -2.44. The lowest BCUT2D eigenvalue weighted by Gasteiger charge is -2.40. The topological polar surface area (TPSA) is 49.7 Å². The van der Waals surface area contributed by atoms with Crippen molar-refractivity contribution >= 4 is 7.32 Å². The van der Waals surface area contributed by atoms with Crippen LogP contribution in [0.1, 0.15) is 228 Å². The highest BCUT2D eigenvalue weighted by atomic mass is 16.6. The van der Waals surface area contributed by atoms with E-state index in [1.165, 1.54) is 218 Å². The predicted octanol–water partition coefficient (Wildman–Crippen LogP) is 16.0. The Morgan fingerprint density at radius 3 is 0.903 bits per heavy atom. The second-order valence-corrected chi connectivity index (χ2v) is 19.1. The lowest BCUT2D eigenvalue weighted by atomic mass is 9.66. The van der Waals surface area contributed by atoms with Crippen molar-refractivity contribution in [3.05, 3.63) is 106 Å². The first kappa shape index (κ1) is 55.7. The molecule has 350 valence electrons. The third-order valence-electron chi connectivity index (χ3n) is 13.5. The molecule has 0 aromatic heterocycles. The second-order valence-electron chi connectivity index (χ2n) is 19.1. The van der Waals surface area contributed by atoms with Gasteiger partial charge in [0.15, 0.2) is 0 Å². The van der Waals surface area contributed by atoms with E-state index >= 15 is 0 Å². The molecule has 0 aliphatic heterocycles. The van der Waals surface area contributed by atoms with Crippen molar-refractivity contribution in [1.29, 1.82) is 0 Å². The van der Waals surface area contributed by atoms with Crippen LogP contribution < -0.4 is 0 Å². The van der Waals surface area contributed by atoms with E-state index in [2.05, 4.69) is 121 Å². The van der Waals surface area contributed by atoms with E-state index < -0.39 is 7.32 Å². The van der Waals surface area contributed by atoms with Crippen LogP contribution in [0.4, 0.5) is 0 Å². The van der Waals surface area contributed by atoms with Crippen LogP contribution in [0.15, 0.2) is 72.8 Å². The molecule has 0 radical (unpaired) electrons. The third-order valence-corrected chi connectivity index (χ3v) is 13.5. The van der Waals surface area contributed by atoms with E-state index in [0.717, 1.165) is 6.42 Å². The average Bonchev–Trinajstić information content (AvgIpc) is 3.27. The SMILES string of the molecule is CCCCCCCC[N+](CCCCCCCC)(CCCCCCCC)CCCCCCCC.Cc1ccc(C(CCCOB(O)O)(c2ccc(C)cc2)c2ccc(C)cc2)cc1. The van der Waals surface area contributed by atoms with Gasteiger partial charge in [-0.2, -0.15) is 0 Å². The van der Waals surface area contributed by atoms with E-state index in [0.29, 0.717) is 6.42 Å². The van der Waals surface area contributed by atoms with Crippen LogP contribution in [0.5, 0.6) is 0 Å². The Bertz CT molecular complexity index is 1270. The number of aryl methyl sites for hydroxylation is 3. The van der Waals surface area contributed by atoms with Gasteiger partial charge in [-0.25, -0.2) is 0 Å². The van der Waals surface area contributed by atoms with Crippen molar-refractivity contribution in [3.8, 4) is 0 Å². The molecule has 0 saturated heterocycles. The Morgan fingerprint density at radius 2 is 0.645 bits per heavy atom. The minimum atomic E-state index is -1.73. The summed E-state index contributed by atoms with van der Waals surface area (Å²) in [5, 5.41) is 18.1. The Balaban J connectivity index is 0.000000429. The molecule has 0 aliphatic rings. The van der Waals surface area contributed by atoms with Crippen LogP contribution in [-0.2, 0) is 10.1 Å². The fourth-order valence-electron chi connectivity index (χ4n) is 9.55. The molecule has 5 heteroatoms. The van der Waals surface area contributed by atoms with E-state index in [-0.39, 0.29) is 12.0 Å². The standard InChI is InChI=1S/C32H68N.C25H29BO3/c1-5-9-13-17-21-25-29-33(30-26-22-18-14-10-6-2,31-27-23-19-15-11-7-3)32-28-24-20-16-12-8-4;1-19-5-11-22(12-6-19)25(17-4-18-29-26(27)28,23-13-7-20(2)8-14-23)24-15-9-21(3)10-16-24/h5-32H2,1-4H3;5-16,27-28H,4,17-18H2,1-3H3/q+1;. The molecule has 0 saturated carbocycles. The first-order chi connectivity index (χ1) is 30.2. The smallest absolute Gasteiger partial charge is 0.402 e. The van der Waals surface area contributed by atoms with Gasteiger partial charge in [-0.05, 0) is 102 Å². The summed E-state index contributed by atoms with van der Waals surface area (Å²) in [7, 11) is -1.73. The van der Waals surface area contributed by atoms with Gasteiger partial charge in [0.25, 0.3) is 0 Å². The number of quaternary nitrogens is 1. The molecule has 0 fully saturated rings. The minimum Gasteiger partial charge on any atom is -0.402 e. The van der Waals surface area contributed by atoms with Crippen LogP contribution in [0.3, 0.4) is 0 Å². The van der Waals surface area contributed by atoms with Crippen LogP contribution in [-0.4, -0.2) is 54.6 Å². The van der Waals surface area contributed by atoms with Crippen LogP contribution in [0.2, 0.25) is 0 Å². The zero-order valence-corrected chi connectivity index (χ0v) is 41.7. The van der Waals surface area contributed by atoms with Crippen molar-refractivity contribution in [2.24, 2.45) is 0 Å². The number of hydrogen-bond donors (Lipinski definition) is 2. The fourth-order valence-corrected chi connectivity index (χ4v) is 9.55. The van der Waals surface area contributed by atoms with E-state index in [4.69, 9.17) is 14.7 Å². The summed E-state index contributed by atoms with van der Waals surface area (Å²) in [5.41, 5.74) is 6.99. The van der Waals surface area contributed by atoms with Gasteiger partial charge < -0.3 is 19.2 Å². The lowest BCUT2D eigenvalue weighted by molar-refractivity contribution is -0.929. The largest absolute Gasteiger partial charge is 0.633 e. The highest BCUT2D eigenvalue weighted by Gasteiger charge is 2.36. The number of hydrogen-bond acceptors (Lipinski definition) is 3. The number of unbranched alkanes of at least 4 members (excludes halogenated alkanes) is 20. The number of nitrogens with zero attached hydrogens (tertiary/aromatic N) is 1. The third kappa shape index (κ3) is 23.0. The summed E-state index contributed by atoms with van der Waals surface area (Å²) >= 11 is 0. The maximum Gasteiger partial charge on any atom is 0.633 e. The van der Waals surface area contributed by atoms with Gasteiger partial charge >= 0.3 is 7.32 Å². The summed E-state index contributed by atoms with van der Waals surface area (Å²) in [5.74, 6) is 0. The van der Waals surface area contributed by atoms with Crippen LogP contribution in [0, 0.1) is 20.8 Å². The molecular formula is C57H97BNO3+. The van der Waals surface area contributed by atoms with Gasteiger partial charge in [-0.3, -0.25) is 0 Å². The molecule has 3 aromatic carbocycles. The highest BCUT2D eigenvalue weighted by molar-refractivity contribution is 6.32. The Morgan fingerprint density at radius 1 is 0.387 bits per heavy atom. The Kier molecular flexibility index (Phi) is 31.4. The Labute approximate surface area is 384 Å². The van der Waals surface area contributed by atoms with Crippen molar-refractivity contribution < 1.29 is 19.2 Å². The predicted molar refractivity (Wildman–Crippen MR) is 272 cm³/mol. The molecule has 4 nitrogen and oxygen atoms in total. The second kappa shape index (κ2) is 34.9. The summed E-state index contributed by atoms with van der Waals surface area (Å²) in [4.78, 5) is 0. The zero-order valence-electron chi connectivity index (χ0n) is 41.7. The lowest BCUT2D eigenvalue weighted by Crippen LogP contribution is -2.50. The van der Waals surface area contributed by atoms with Crippen LogP contribution >= 0.6 is 0 Å². The molecule has 0 atom stereocenters. The molecule has 0 unspecified atom stereocenters. The number of rotatable bonds is 36. The van der Waals surface area contributed by atoms with Gasteiger partial charge in [-0.1, -0.05) is 220 Å². The average molecular weight is 855 g/mol. The molecule has 2 N–H and O–H groups in total. The van der Waals surface area contributed by atoms with Gasteiger partial charge in [0, 0.05) is 12.0 Å². The zero-order chi connectivity index (χ0) is 45.2. The van der Waals surface area contributed by atoms with Crippen LogP contribution in [0.25, 0.3) is 0 Å². The van der Waals surface area contributed by atoms with Gasteiger partial charge in [0.05, 0.1) is 26.2 Å². The monoisotopic (exact) mass is 855 g/mol. The summed E-state index contributed by atoms with van der Waals surface area (Å²) in [6, 6.07) is 26.2. The fraction of sp³-hybridized carbons (Fsp3) is 0.684. The van der Waals surface area contributed by atoms with Gasteiger partial charge in [-0.15, -0.1) is 0 Å². The highest BCUT2D eigenvalue weighted by Crippen LogP contribution is 2.43. The molecule has 3 rings (SSSR count). The maximum atomic E-state index is 9.06. The molecule has 0 aliphatic carbocycles. The van der Waals surface area contributed by atoms with Gasteiger partial charge in [0.2, 0.25) is 0 Å². The molecule has 0 bridgehead atoms. The molecular weight excluding hydrogens is 757 g/mol. The molecule has 0 amide bonds. The quantitative estimate of drug-likeness (QED) is 0.0265. The van der Waals surface area contributed by atoms with Crippen molar-refractivity contribution in [1.82, 2.24) is 0 Å². The first-order valence-electron chi connectivity index (χ1n) is 26.2. The molecule has 0 heterocycles. The summed E-state index contributed by atoms with van der Waals surface area (Å²) < 4.78 is 6.49. The van der Waals surface area contributed by atoms with Crippen molar-refractivity contribution in [2.75, 3.05) is 32.8 Å².